The third-order valence-corrected chi connectivity index (χ3v) is 5.30. The van der Waals surface area contributed by atoms with Gasteiger partial charge in [0.05, 0.1) is 17.6 Å². The summed E-state index contributed by atoms with van der Waals surface area (Å²) in [5.41, 5.74) is 2.98. The van der Waals surface area contributed by atoms with Crippen molar-refractivity contribution in [2.45, 2.75) is 26.4 Å². The molecule has 0 radical (unpaired) electrons. The number of benzene rings is 1. The lowest BCUT2D eigenvalue weighted by atomic mass is 10.1. The smallest absolute Gasteiger partial charge is 0.256 e. The number of carbonyl (C=O) groups excluding carboxylic acids is 1. The second-order valence-electron chi connectivity index (χ2n) is 7.34. The van der Waals surface area contributed by atoms with Crippen LogP contribution in [0.5, 0.6) is 5.75 Å². The number of ether oxygens (including phenoxy) is 1. The van der Waals surface area contributed by atoms with E-state index in [0.29, 0.717) is 24.4 Å². The first-order valence-corrected chi connectivity index (χ1v) is 9.42. The summed E-state index contributed by atoms with van der Waals surface area (Å²) in [5, 5.41) is 0.957. The monoisotopic (exact) mass is 377 g/mol. The molecule has 1 fully saturated rings. The van der Waals surface area contributed by atoms with E-state index in [4.69, 9.17) is 4.74 Å². The molecule has 144 valence electrons. The van der Waals surface area contributed by atoms with E-state index in [2.05, 4.69) is 4.98 Å². The summed E-state index contributed by atoms with van der Waals surface area (Å²) in [5.74, 6) is 0.525. The average molecular weight is 377 g/mol. The van der Waals surface area contributed by atoms with Gasteiger partial charge >= 0.3 is 0 Å². The molecule has 2 aromatic heterocycles. The third kappa shape index (κ3) is 3.38. The quantitative estimate of drug-likeness (QED) is 0.704. The van der Waals surface area contributed by atoms with Gasteiger partial charge < -0.3 is 14.2 Å². The van der Waals surface area contributed by atoms with Gasteiger partial charge in [0, 0.05) is 42.9 Å². The van der Waals surface area contributed by atoms with Crippen LogP contribution in [0, 0.1) is 13.8 Å². The Kier molecular flexibility index (Phi) is 4.63. The van der Waals surface area contributed by atoms with Gasteiger partial charge in [-0.1, -0.05) is 18.2 Å². The van der Waals surface area contributed by atoms with Gasteiger partial charge in [0.2, 0.25) is 0 Å². The Bertz CT molecular complexity index is 1120. The first-order chi connectivity index (χ1) is 13.4. The van der Waals surface area contributed by atoms with E-state index in [-0.39, 0.29) is 17.6 Å². The van der Waals surface area contributed by atoms with Crippen molar-refractivity contribution >= 4 is 16.8 Å². The van der Waals surface area contributed by atoms with Crippen LogP contribution in [0.25, 0.3) is 10.9 Å². The normalized spacial score (nSPS) is 16.5. The number of hydrogen-bond acceptors (Lipinski definition) is 4. The predicted octanol–water partition coefficient (Wildman–Crippen LogP) is 2.84. The molecule has 6 heteroatoms. The summed E-state index contributed by atoms with van der Waals surface area (Å²) < 4.78 is 7.57. The summed E-state index contributed by atoms with van der Waals surface area (Å²) in [6.07, 6.45) is 0.608. The Morgan fingerprint density at radius 1 is 1.18 bits per heavy atom. The SMILES string of the molecule is Cc1ccc2cccc(C(=O)N3CCC(Oc4cc(C)n(C)c(=O)c4)C3)c2n1. The zero-order valence-electron chi connectivity index (χ0n) is 16.3. The van der Waals surface area contributed by atoms with Crippen LogP contribution < -0.4 is 10.3 Å². The number of hydrogen-bond donors (Lipinski definition) is 0. The molecular weight excluding hydrogens is 354 g/mol. The molecule has 1 saturated heterocycles. The summed E-state index contributed by atoms with van der Waals surface area (Å²) in [6.45, 7) is 4.91. The predicted molar refractivity (Wildman–Crippen MR) is 108 cm³/mol. The maximum atomic E-state index is 13.1. The molecule has 28 heavy (non-hydrogen) atoms. The molecule has 1 atom stereocenters. The van der Waals surface area contributed by atoms with Crippen LogP contribution in [0.1, 0.15) is 28.2 Å². The van der Waals surface area contributed by atoms with Crippen LogP contribution >= 0.6 is 0 Å². The average Bonchev–Trinajstić information content (AvgIpc) is 3.13. The second kappa shape index (κ2) is 7.11. The molecular formula is C22H23N3O3. The molecule has 1 aromatic carbocycles. The Hall–Kier alpha value is -3.15. The second-order valence-corrected chi connectivity index (χ2v) is 7.34. The first-order valence-electron chi connectivity index (χ1n) is 9.42. The van der Waals surface area contributed by atoms with Crippen LogP contribution in [0.3, 0.4) is 0 Å². The van der Waals surface area contributed by atoms with E-state index in [1.807, 2.05) is 50.2 Å². The van der Waals surface area contributed by atoms with Crippen molar-refractivity contribution in [1.29, 1.82) is 0 Å². The van der Waals surface area contributed by atoms with Crippen molar-refractivity contribution in [3.05, 3.63) is 69.8 Å². The molecule has 1 aliphatic heterocycles. The Labute approximate surface area is 163 Å². The number of aromatic nitrogens is 2. The summed E-state index contributed by atoms with van der Waals surface area (Å²) >= 11 is 0. The largest absolute Gasteiger partial charge is 0.488 e. The molecule has 0 bridgehead atoms. The number of fused-ring (bicyclic) bond motifs is 1. The highest BCUT2D eigenvalue weighted by Gasteiger charge is 2.29. The standard InChI is InChI=1S/C22H23N3O3/c1-14-7-8-16-5-4-6-19(21(16)23-14)22(27)25-10-9-17(13-25)28-18-11-15(2)24(3)20(26)12-18/h4-8,11-12,17H,9-10,13H2,1-3H3. The fourth-order valence-corrected chi connectivity index (χ4v) is 3.59. The van der Waals surface area contributed by atoms with Crippen LogP contribution in [0.4, 0.5) is 0 Å². The number of rotatable bonds is 3. The summed E-state index contributed by atoms with van der Waals surface area (Å²) in [4.78, 5) is 31.4. The lowest BCUT2D eigenvalue weighted by Gasteiger charge is -2.18. The van der Waals surface area contributed by atoms with Gasteiger partial charge in [-0.05, 0) is 32.0 Å². The van der Waals surface area contributed by atoms with E-state index < -0.39 is 0 Å². The Morgan fingerprint density at radius 3 is 2.79 bits per heavy atom. The van der Waals surface area contributed by atoms with Crippen molar-refractivity contribution in [1.82, 2.24) is 14.5 Å². The topological polar surface area (TPSA) is 64.4 Å². The minimum absolute atomic E-state index is 0.0324. The number of para-hydroxylation sites is 1. The van der Waals surface area contributed by atoms with Gasteiger partial charge in [-0.2, -0.15) is 0 Å². The molecule has 1 amide bonds. The highest BCUT2D eigenvalue weighted by Crippen LogP contribution is 2.23. The maximum Gasteiger partial charge on any atom is 0.256 e. The molecule has 0 aliphatic carbocycles. The van der Waals surface area contributed by atoms with Crippen molar-refractivity contribution in [3.8, 4) is 5.75 Å². The number of nitrogens with zero attached hydrogens (tertiary/aromatic N) is 3. The molecule has 1 aliphatic rings. The lowest BCUT2D eigenvalue weighted by molar-refractivity contribution is 0.0774. The van der Waals surface area contributed by atoms with Gasteiger partial charge in [-0.3, -0.25) is 14.6 Å². The number of carbonyl (C=O) groups is 1. The van der Waals surface area contributed by atoms with Gasteiger partial charge in [0.1, 0.15) is 11.9 Å². The molecule has 3 aromatic rings. The molecule has 4 rings (SSSR count). The molecule has 6 nitrogen and oxygen atoms in total. The van der Waals surface area contributed by atoms with Gasteiger partial charge in [0.25, 0.3) is 11.5 Å². The van der Waals surface area contributed by atoms with E-state index in [0.717, 1.165) is 28.7 Å². The van der Waals surface area contributed by atoms with Gasteiger partial charge in [-0.15, -0.1) is 0 Å². The molecule has 0 N–H and O–H groups in total. The molecule has 0 spiro atoms. The zero-order valence-corrected chi connectivity index (χ0v) is 16.3. The Morgan fingerprint density at radius 2 is 2.00 bits per heavy atom. The van der Waals surface area contributed by atoms with Gasteiger partial charge in [0.15, 0.2) is 0 Å². The number of likely N-dealkylation sites (tertiary alicyclic amines) is 1. The van der Waals surface area contributed by atoms with E-state index in [9.17, 15) is 9.59 Å². The van der Waals surface area contributed by atoms with Crippen molar-refractivity contribution in [2.24, 2.45) is 7.05 Å². The van der Waals surface area contributed by atoms with E-state index in [1.165, 1.54) is 6.07 Å². The van der Waals surface area contributed by atoms with Crippen LogP contribution in [-0.2, 0) is 7.05 Å². The number of aryl methyl sites for hydroxylation is 2. The highest BCUT2D eigenvalue weighted by atomic mass is 16.5. The van der Waals surface area contributed by atoms with Crippen LogP contribution in [0.2, 0.25) is 0 Å². The summed E-state index contributed by atoms with van der Waals surface area (Å²) in [6, 6.07) is 13.0. The highest BCUT2D eigenvalue weighted by molar-refractivity contribution is 6.05. The summed E-state index contributed by atoms with van der Waals surface area (Å²) in [7, 11) is 1.73. The number of pyridine rings is 2. The van der Waals surface area contributed by atoms with Gasteiger partial charge in [-0.25, -0.2) is 0 Å². The first kappa shape index (κ1) is 18.2. The lowest BCUT2D eigenvalue weighted by Crippen LogP contribution is -2.31. The third-order valence-electron chi connectivity index (χ3n) is 5.30. The minimum atomic E-state index is -0.125. The molecule has 0 saturated carbocycles. The van der Waals surface area contributed by atoms with Crippen molar-refractivity contribution in [2.75, 3.05) is 13.1 Å². The Balaban J connectivity index is 1.52. The fourth-order valence-electron chi connectivity index (χ4n) is 3.59. The number of amides is 1. The fraction of sp³-hybridized carbons (Fsp3) is 0.318. The van der Waals surface area contributed by atoms with E-state index in [1.54, 1.807) is 16.5 Å². The maximum absolute atomic E-state index is 13.1. The molecule has 1 unspecified atom stereocenters. The van der Waals surface area contributed by atoms with Crippen LogP contribution in [-0.4, -0.2) is 39.6 Å². The zero-order chi connectivity index (χ0) is 19.8. The van der Waals surface area contributed by atoms with Crippen LogP contribution in [0.15, 0.2) is 47.3 Å². The van der Waals surface area contributed by atoms with Crippen molar-refractivity contribution in [3.63, 3.8) is 0 Å². The van der Waals surface area contributed by atoms with E-state index >= 15 is 0 Å². The van der Waals surface area contributed by atoms with Crippen molar-refractivity contribution < 1.29 is 9.53 Å². The molecule has 3 heterocycles. The minimum Gasteiger partial charge on any atom is -0.488 e.